The molecule has 0 radical (unpaired) electrons. The molecule has 2 N–H and O–H groups in total. The van der Waals surface area contributed by atoms with Crippen molar-refractivity contribution in [3.05, 3.63) is 71.8 Å². The van der Waals surface area contributed by atoms with E-state index in [1.54, 1.807) is 4.90 Å². The number of nitrogens with one attached hydrogen (secondary N) is 2. The molecule has 1 atom stereocenters. The fraction of sp³-hybridized carbons (Fsp3) is 0.417. The lowest BCUT2D eigenvalue weighted by Gasteiger charge is -2.30. The Morgan fingerprint density at radius 2 is 1.70 bits per heavy atom. The molecule has 3 rings (SSSR count). The second kappa shape index (κ2) is 11.8. The predicted molar refractivity (Wildman–Crippen MR) is 128 cm³/mol. The smallest absolute Gasteiger partial charge is 0.317 e. The van der Waals surface area contributed by atoms with Crippen molar-refractivity contribution >= 4 is 22.0 Å². The highest BCUT2D eigenvalue weighted by Gasteiger charge is 2.30. The van der Waals surface area contributed by atoms with Crippen LogP contribution in [0.15, 0.2) is 60.7 Å². The number of sulfonamides is 1. The summed E-state index contributed by atoms with van der Waals surface area (Å²) >= 11 is 0. The highest BCUT2D eigenvalue weighted by Crippen LogP contribution is 2.27. The summed E-state index contributed by atoms with van der Waals surface area (Å²) in [6.07, 6.45) is 2.38. The molecular formula is C24H32N4O4S. The number of benzene rings is 2. The van der Waals surface area contributed by atoms with E-state index >= 15 is 0 Å². The number of carbonyl (C=O) groups excluding carboxylic acids is 2. The van der Waals surface area contributed by atoms with E-state index in [1.165, 1.54) is 4.31 Å². The Morgan fingerprint density at radius 3 is 2.36 bits per heavy atom. The van der Waals surface area contributed by atoms with Gasteiger partial charge < -0.3 is 15.5 Å². The zero-order valence-electron chi connectivity index (χ0n) is 18.9. The third kappa shape index (κ3) is 7.57. The molecule has 1 fully saturated rings. The van der Waals surface area contributed by atoms with Crippen LogP contribution < -0.4 is 10.6 Å². The summed E-state index contributed by atoms with van der Waals surface area (Å²) in [6, 6.07) is 18.3. The van der Waals surface area contributed by atoms with E-state index in [0.29, 0.717) is 32.6 Å². The van der Waals surface area contributed by atoms with E-state index in [1.807, 2.05) is 60.7 Å². The molecule has 0 aliphatic carbocycles. The molecule has 0 spiro atoms. The van der Waals surface area contributed by atoms with Crippen LogP contribution >= 0.6 is 0 Å². The zero-order chi connectivity index (χ0) is 23.7. The summed E-state index contributed by atoms with van der Waals surface area (Å²) < 4.78 is 26.6. The lowest BCUT2D eigenvalue weighted by molar-refractivity contribution is -0.122. The Balaban J connectivity index is 1.68. The summed E-state index contributed by atoms with van der Waals surface area (Å²) in [5.74, 6) is -0.246. The molecule has 1 saturated heterocycles. The van der Waals surface area contributed by atoms with Crippen LogP contribution in [0.1, 0.15) is 30.0 Å². The zero-order valence-corrected chi connectivity index (χ0v) is 19.8. The highest BCUT2D eigenvalue weighted by atomic mass is 32.2. The predicted octanol–water partition coefficient (Wildman–Crippen LogP) is 2.15. The van der Waals surface area contributed by atoms with E-state index in [0.717, 1.165) is 23.8 Å². The molecular weight excluding hydrogens is 440 g/mol. The first-order valence-corrected chi connectivity index (χ1v) is 13.0. The monoisotopic (exact) mass is 472 g/mol. The van der Waals surface area contributed by atoms with Gasteiger partial charge in [-0.1, -0.05) is 60.7 Å². The molecule has 2 aromatic carbocycles. The maximum Gasteiger partial charge on any atom is 0.317 e. The molecule has 1 aliphatic heterocycles. The summed E-state index contributed by atoms with van der Waals surface area (Å²) in [4.78, 5) is 27.0. The van der Waals surface area contributed by atoms with Crippen molar-refractivity contribution in [3.63, 3.8) is 0 Å². The van der Waals surface area contributed by atoms with Crippen LogP contribution in [0.4, 0.5) is 4.79 Å². The number of rotatable bonds is 5. The summed E-state index contributed by atoms with van der Waals surface area (Å²) in [5.41, 5.74) is 1.91. The van der Waals surface area contributed by atoms with E-state index in [4.69, 9.17) is 0 Å². The van der Waals surface area contributed by atoms with Gasteiger partial charge in [-0.05, 0) is 24.0 Å². The van der Waals surface area contributed by atoms with Gasteiger partial charge in [0.05, 0.1) is 12.3 Å². The minimum absolute atomic E-state index is 0.0281. The third-order valence-corrected chi connectivity index (χ3v) is 6.96. The minimum Gasteiger partial charge on any atom is -0.354 e. The van der Waals surface area contributed by atoms with Crippen molar-refractivity contribution in [2.75, 3.05) is 39.0 Å². The van der Waals surface area contributed by atoms with Crippen molar-refractivity contribution in [2.24, 2.45) is 0 Å². The summed E-state index contributed by atoms with van der Waals surface area (Å²) in [6.45, 7) is 1.78. The Hall–Kier alpha value is -2.91. The number of urea groups is 1. The van der Waals surface area contributed by atoms with E-state index in [9.17, 15) is 18.0 Å². The molecule has 0 bridgehead atoms. The maximum atomic E-state index is 12.8. The first-order valence-electron chi connectivity index (χ1n) is 11.2. The topological polar surface area (TPSA) is 98.8 Å². The lowest BCUT2D eigenvalue weighted by Crippen LogP contribution is -2.45. The normalized spacial score (nSPS) is 18.8. The van der Waals surface area contributed by atoms with E-state index in [-0.39, 0.29) is 24.9 Å². The molecule has 1 heterocycles. The number of nitrogens with zero attached hydrogens (tertiary/aromatic N) is 2. The molecule has 178 valence electrons. The van der Waals surface area contributed by atoms with Crippen LogP contribution in [0.3, 0.4) is 0 Å². The van der Waals surface area contributed by atoms with Crippen molar-refractivity contribution in [1.82, 2.24) is 19.8 Å². The molecule has 1 aliphatic rings. The van der Waals surface area contributed by atoms with Crippen molar-refractivity contribution in [2.45, 2.75) is 25.3 Å². The van der Waals surface area contributed by atoms with Crippen molar-refractivity contribution < 1.29 is 18.0 Å². The minimum atomic E-state index is -3.57. The fourth-order valence-corrected chi connectivity index (χ4v) is 5.11. The van der Waals surface area contributed by atoms with Crippen LogP contribution in [0.2, 0.25) is 0 Å². The van der Waals surface area contributed by atoms with Crippen molar-refractivity contribution in [1.29, 1.82) is 0 Å². The Kier molecular flexibility index (Phi) is 8.85. The quantitative estimate of drug-likeness (QED) is 0.697. The average Bonchev–Trinajstić information content (AvgIpc) is 2.83. The van der Waals surface area contributed by atoms with Gasteiger partial charge in [0, 0.05) is 39.1 Å². The average molecular weight is 473 g/mol. The van der Waals surface area contributed by atoms with Crippen LogP contribution in [0.5, 0.6) is 0 Å². The fourth-order valence-electron chi connectivity index (χ4n) is 3.99. The molecule has 8 nitrogen and oxygen atoms in total. The summed E-state index contributed by atoms with van der Waals surface area (Å²) in [5, 5.41) is 5.77. The van der Waals surface area contributed by atoms with Gasteiger partial charge in [-0.2, -0.15) is 4.31 Å². The SMILES string of the molecule is CS(=O)(=O)N1CCCN(C(=O)NCCc2ccccc2)CCNC(=O)C[C@H]1c1ccccc1. The molecule has 9 heteroatoms. The van der Waals surface area contributed by atoms with Gasteiger partial charge in [-0.15, -0.1) is 0 Å². The number of hydrogen-bond acceptors (Lipinski definition) is 4. The van der Waals surface area contributed by atoms with E-state index < -0.39 is 16.1 Å². The van der Waals surface area contributed by atoms with Crippen LogP contribution in [-0.2, 0) is 21.2 Å². The first kappa shape index (κ1) is 24.7. The van der Waals surface area contributed by atoms with Crippen LogP contribution in [0, 0.1) is 0 Å². The van der Waals surface area contributed by atoms with Gasteiger partial charge in [0.1, 0.15) is 0 Å². The van der Waals surface area contributed by atoms with Crippen molar-refractivity contribution in [3.8, 4) is 0 Å². The molecule has 3 amide bonds. The molecule has 0 saturated carbocycles. The van der Waals surface area contributed by atoms with E-state index in [2.05, 4.69) is 10.6 Å². The van der Waals surface area contributed by atoms with Gasteiger partial charge in [0.2, 0.25) is 15.9 Å². The number of amides is 3. The standard InChI is InChI=1S/C24H32N4O4S/c1-33(31,32)28-17-8-16-27(24(30)26-14-13-20-9-4-2-5-10-20)18-15-25-23(29)19-22(28)21-11-6-3-7-12-21/h2-7,9-12,22H,8,13-19H2,1H3,(H,25,29)(H,26,30)/t22-/m0/s1. The first-order chi connectivity index (χ1) is 15.8. The number of hydrogen-bond donors (Lipinski definition) is 2. The van der Waals surface area contributed by atoms with Gasteiger partial charge in [-0.3, -0.25) is 4.79 Å². The second-order valence-electron chi connectivity index (χ2n) is 8.16. The van der Waals surface area contributed by atoms with Gasteiger partial charge in [-0.25, -0.2) is 13.2 Å². The van der Waals surface area contributed by atoms with Gasteiger partial charge in [0.15, 0.2) is 0 Å². The van der Waals surface area contributed by atoms with Gasteiger partial charge in [0.25, 0.3) is 0 Å². The third-order valence-electron chi connectivity index (χ3n) is 5.67. The van der Waals surface area contributed by atoms with Crippen LogP contribution in [0.25, 0.3) is 0 Å². The Morgan fingerprint density at radius 1 is 1.03 bits per heavy atom. The lowest BCUT2D eigenvalue weighted by atomic mass is 10.0. The largest absolute Gasteiger partial charge is 0.354 e. The molecule has 33 heavy (non-hydrogen) atoms. The second-order valence-corrected chi connectivity index (χ2v) is 10.1. The number of carbonyl (C=O) groups is 2. The highest BCUT2D eigenvalue weighted by molar-refractivity contribution is 7.88. The molecule has 2 aromatic rings. The Bertz CT molecular complexity index is 1020. The maximum absolute atomic E-state index is 12.8. The Labute approximate surface area is 196 Å². The summed E-state index contributed by atoms with van der Waals surface area (Å²) in [7, 11) is -3.57. The molecule has 0 aromatic heterocycles. The molecule has 0 unspecified atom stereocenters. The van der Waals surface area contributed by atoms with Crippen LogP contribution in [-0.4, -0.2) is 68.5 Å². The van der Waals surface area contributed by atoms with Gasteiger partial charge >= 0.3 is 6.03 Å².